The number of benzene rings is 1. The first-order valence-corrected chi connectivity index (χ1v) is 9.34. The van der Waals surface area contributed by atoms with E-state index < -0.39 is 28.5 Å². The molecule has 1 aliphatic heterocycles. The molecule has 2 aromatic heterocycles. The minimum Gasteiger partial charge on any atom is -0.487 e. The van der Waals surface area contributed by atoms with Crippen molar-refractivity contribution in [3.63, 3.8) is 0 Å². The third-order valence-electron chi connectivity index (χ3n) is 4.97. The Hall–Kier alpha value is -3.82. The highest BCUT2D eigenvalue weighted by molar-refractivity contribution is 6.03. The molecular formula is C20H20FN5O4. The Morgan fingerprint density at radius 2 is 2.17 bits per heavy atom. The molecule has 0 amide bonds. The molecule has 10 heteroatoms. The van der Waals surface area contributed by atoms with E-state index in [2.05, 4.69) is 15.6 Å². The number of hydrogen-bond acceptors (Lipinski definition) is 7. The van der Waals surface area contributed by atoms with Crippen molar-refractivity contribution < 1.29 is 19.0 Å². The van der Waals surface area contributed by atoms with Gasteiger partial charge in [-0.3, -0.25) is 4.79 Å². The zero-order valence-electron chi connectivity index (χ0n) is 16.1. The van der Waals surface area contributed by atoms with Gasteiger partial charge in [-0.15, -0.1) is 0 Å². The average molecular weight is 413 g/mol. The topological polar surface area (TPSA) is 132 Å². The molecule has 0 aliphatic carbocycles. The molecule has 1 atom stereocenters. The smallest absolute Gasteiger partial charge is 0.341 e. The molecule has 0 saturated carbocycles. The Balaban J connectivity index is 1.75. The van der Waals surface area contributed by atoms with E-state index in [-0.39, 0.29) is 35.0 Å². The number of aromatic nitrogens is 2. The zero-order chi connectivity index (χ0) is 21.4. The number of carboxylic acid groups (broad SMARTS) is 1. The Bertz CT molecular complexity index is 1200. The molecule has 30 heavy (non-hydrogen) atoms. The summed E-state index contributed by atoms with van der Waals surface area (Å²) >= 11 is 0. The molecule has 0 fully saturated rings. The third kappa shape index (κ3) is 3.15. The molecule has 0 bridgehead atoms. The van der Waals surface area contributed by atoms with Crippen molar-refractivity contribution in [3.8, 4) is 5.75 Å². The number of carbonyl (C=O) groups is 1. The molecule has 0 spiro atoms. The highest BCUT2D eigenvalue weighted by Gasteiger charge is 2.30. The van der Waals surface area contributed by atoms with Crippen molar-refractivity contribution in [1.29, 1.82) is 0 Å². The Kier molecular flexibility index (Phi) is 4.90. The zero-order valence-corrected chi connectivity index (χ0v) is 16.1. The van der Waals surface area contributed by atoms with Gasteiger partial charge in [0.15, 0.2) is 11.6 Å². The summed E-state index contributed by atoms with van der Waals surface area (Å²) < 4.78 is 22.5. The number of hydrogen-bond donors (Lipinski definition) is 4. The van der Waals surface area contributed by atoms with Crippen molar-refractivity contribution in [3.05, 3.63) is 52.2 Å². The monoisotopic (exact) mass is 413 g/mol. The number of nitrogens with one attached hydrogen (secondary N) is 2. The molecule has 5 N–H and O–H groups in total. The van der Waals surface area contributed by atoms with Crippen molar-refractivity contribution in [2.24, 2.45) is 0 Å². The number of carboxylic acids is 1. The second kappa shape index (κ2) is 7.54. The quantitative estimate of drug-likeness (QED) is 0.358. The van der Waals surface area contributed by atoms with E-state index in [1.54, 1.807) is 16.8 Å². The van der Waals surface area contributed by atoms with Gasteiger partial charge in [0.25, 0.3) is 0 Å². The Morgan fingerprint density at radius 3 is 2.87 bits per heavy atom. The van der Waals surface area contributed by atoms with Gasteiger partial charge in [0.1, 0.15) is 23.7 Å². The third-order valence-corrected chi connectivity index (χ3v) is 4.97. The lowest BCUT2D eigenvalue weighted by molar-refractivity contribution is 0.0694. The predicted octanol–water partition coefficient (Wildman–Crippen LogP) is 2.29. The van der Waals surface area contributed by atoms with Gasteiger partial charge in [-0.25, -0.2) is 14.2 Å². The first-order chi connectivity index (χ1) is 14.4. The van der Waals surface area contributed by atoms with Crippen LogP contribution in [0.15, 0.2) is 35.4 Å². The molecule has 3 aromatic rings. The number of pyridine rings is 2. The van der Waals surface area contributed by atoms with Gasteiger partial charge in [0.05, 0.1) is 22.6 Å². The van der Waals surface area contributed by atoms with Crippen LogP contribution in [-0.2, 0) is 0 Å². The molecular weight excluding hydrogens is 393 g/mol. The van der Waals surface area contributed by atoms with Crippen LogP contribution in [-0.4, -0.2) is 40.3 Å². The van der Waals surface area contributed by atoms with Crippen LogP contribution in [0, 0.1) is 5.82 Å². The maximum Gasteiger partial charge on any atom is 0.341 e. The second-order valence-corrected chi connectivity index (χ2v) is 6.97. The van der Waals surface area contributed by atoms with Crippen LogP contribution in [0.1, 0.15) is 23.3 Å². The van der Waals surface area contributed by atoms with Crippen molar-refractivity contribution >= 4 is 34.1 Å². The van der Waals surface area contributed by atoms with Crippen molar-refractivity contribution in [2.75, 3.05) is 36.1 Å². The summed E-state index contributed by atoms with van der Waals surface area (Å²) in [5.41, 5.74) is 4.54. The largest absolute Gasteiger partial charge is 0.487 e. The molecule has 1 aliphatic rings. The van der Waals surface area contributed by atoms with Crippen molar-refractivity contribution in [2.45, 2.75) is 13.0 Å². The van der Waals surface area contributed by atoms with Crippen molar-refractivity contribution in [1.82, 2.24) is 9.55 Å². The molecule has 0 saturated heterocycles. The number of rotatable bonds is 6. The highest BCUT2D eigenvalue weighted by atomic mass is 19.1. The number of aromatic carboxylic acids is 1. The van der Waals surface area contributed by atoms with Crippen LogP contribution < -0.4 is 26.5 Å². The minimum absolute atomic E-state index is 0.0333. The number of anilines is 3. The Labute approximate surface area is 170 Å². The molecule has 0 unspecified atom stereocenters. The summed E-state index contributed by atoms with van der Waals surface area (Å²) in [6.45, 7) is 2.76. The molecule has 156 valence electrons. The van der Waals surface area contributed by atoms with Crippen LogP contribution in [0.2, 0.25) is 0 Å². The fourth-order valence-electron chi connectivity index (χ4n) is 3.50. The SMILES string of the molecule is C[C@@H]1COc2c(NCCNc3ccccn3)c(F)c(N)c3c(=O)c(C(=O)O)cn1c23. The molecule has 1 aromatic carbocycles. The first-order valence-electron chi connectivity index (χ1n) is 9.34. The van der Waals surface area contributed by atoms with Gasteiger partial charge in [-0.2, -0.15) is 0 Å². The lowest BCUT2D eigenvalue weighted by Crippen LogP contribution is -2.28. The normalized spacial score (nSPS) is 14.9. The number of nitrogens with two attached hydrogens (primary N) is 1. The lowest BCUT2D eigenvalue weighted by Gasteiger charge is -2.29. The van der Waals surface area contributed by atoms with E-state index >= 15 is 4.39 Å². The standard InChI is InChI=1S/C20H20FN5O4/c1-10-9-30-19-16(25-7-6-24-12-4-2-3-5-23-12)14(21)15(22)13-17(19)26(10)8-11(18(13)27)20(28)29/h2-5,8,10,25H,6-7,9,22H2,1H3,(H,23,24)(H,28,29)/t10-/m1/s1. The van der Waals surface area contributed by atoms with E-state index in [1.807, 2.05) is 19.1 Å². The molecule has 4 rings (SSSR count). The lowest BCUT2D eigenvalue weighted by atomic mass is 10.0. The maximum absolute atomic E-state index is 15.1. The van der Waals surface area contributed by atoms with Gasteiger partial charge in [0, 0.05) is 25.5 Å². The van der Waals surface area contributed by atoms with Crippen LogP contribution in [0.5, 0.6) is 5.75 Å². The van der Waals surface area contributed by atoms with Crippen LogP contribution >= 0.6 is 0 Å². The van der Waals surface area contributed by atoms with E-state index in [9.17, 15) is 14.7 Å². The second-order valence-electron chi connectivity index (χ2n) is 6.97. The van der Waals surface area contributed by atoms with E-state index in [1.165, 1.54) is 6.20 Å². The first kappa shape index (κ1) is 19.5. The fraction of sp³-hybridized carbons (Fsp3) is 0.250. The summed E-state index contributed by atoms with van der Waals surface area (Å²) in [6.07, 6.45) is 2.91. The number of nitrogen functional groups attached to an aromatic ring is 1. The van der Waals surface area contributed by atoms with Crippen LogP contribution in [0.25, 0.3) is 10.9 Å². The van der Waals surface area contributed by atoms with Crippen LogP contribution in [0.4, 0.5) is 21.6 Å². The molecule has 3 heterocycles. The van der Waals surface area contributed by atoms with Gasteiger partial charge in [-0.05, 0) is 19.1 Å². The van der Waals surface area contributed by atoms with E-state index in [4.69, 9.17) is 10.5 Å². The maximum atomic E-state index is 15.1. The highest BCUT2D eigenvalue weighted by Crippen LogP contribution is 2.43. The predicted molar refractivity (Wildman–Crippen MR) is 111 cm³/mol. The molecule has 9 nitrogen and oxygen atoms in total. The summed E-state index contributed by atoms with van der Waals surface area (Å²) in [7, 11) is 0. The fourth-order valence-corrected chi connectivity index (χ4v) is 3.50. The average Bonchev–Trinajstić information content (AvgIpc) is 2.73. The van der Waals surface area contributed by atoms with Gasteiger partial charge < -0.3 is 30.8 Å². The summed E-state index contributed by atoms with van der Waals surface area (Å²) in [4.78, 5) is 28.3. The van der Waals surface area contributed by atoms with Gasteiger partial charge in [0.2, 0.25) is 5.43 Å². The van der Waals surface area contributed by atoms with Crippen LogP contribution in [0.3, 0.4) is 0 Å². The number of nitrogens with zero attached hydrogens (tertiary/aromatic N) is 2. The molecule has 0 radical (unpaired) electrons. The minimum atomic E-state index is -1.39. The van der Waals surface area contributed by atoms with Gasteiger partial charge >= 0.3 is 5.97 Å². The Morgan fingerprint density at radius 1 is 1.40 bits per heavy atom. The number of ether oxygens (including phenoxy) is 1. The summed E-state index contributed by atoms with van der Waals surface area (Å²) in [5, 5.41) is 15.2. The van der Waals surface area contributed by atoms with E-state index in [0.29, 0.717) is 18.9 Å². The number of halogens is 1. The van der Waals surface area contributed by atoms with E-state index in [0.717, 1.165) is 0 Å². The van der Waals surface area contributed by atoms with Gasteiger partial charge in [-0.1, -0.05) is 6.07 Å². The summed E-state index contributed by atoms with van der Waals surface area (Å²) in [6, 6.07) is 5.19. The summed E-state index contributed by atoms with van der Waals surface area (Å²) in [5.74, 6) is -1.43.